The van der Waals surface area contributed by atoms with Gasteiger partial charge in [-0.1, -0.05) is 55.3 Å². The third-order valence-corrected chi connectivity index (χ3v) is 4.94. The first-order valence-electron chi connectivity index (χ1n) is 8.33. The van der Waals surface area contributed by atoms with E-state index in [-0.39, 0.29) is 5.41 Å². The van der Waals surface area contributed by atoms with Crippen molar-refractivity contribution >= 4 is 0 Å². The summed E-state index contributed by atoms with van der Waals surface area (Å²) in [5.41, 5.74) is 8.53. The predicted octanol–water partition coefficient (Wildman–Crippen LogP) is 4.04. The van der Waals surface area contributed by atoms with E-state index in [1.165, 1.54) is 18.4 Å². The molecule has 1 aliphatic rings. The lowest BCUT2D eigenvalue weighted by atomic mass is 9.78. The Bertz CT molecular complexity index is 633. The van der Waals surface area contributed by atoms with Crippen molar-refractivity contribution in [2.24, 2.45) is 5.73 Å². The lowest BCUT2D eigenvalue weighted by molar-refractivity contribution is 0.279. The Morgan fingerprint density at radius 2 is 1.74 bits per heavy atom. The first-order valence-corrected chi connectivity index (χ1v) is 8.33. The van der Waals surface area contributed by atoms with E-state index in [0.717, 1.165) is 29.9 Å². The third-order valence-electron chi connectivity index (χ3n) is 4.94. The Hall–Kier alpha value is -2.00. The van der Waals surface area contributed by atoms with Gasteiger partial charge in [-0.15, -0.1) is 0 Å². The molecule has 2 N–H and O–H groups in total. The molecule has 122 valence electrons. The molecule has 1 fully saturated rings. The largest absolute Gasteiger partial charge is 0.493 e. The number of nitrogens with two attached hydrogens (primary N) is 1. The minimum atomic E-state index is 0.0391. The molecule has 3 rings (SSSR count). The molecular weight excluding hydrogens is 286 g/mol. The molecule has 2 aromatic rings. The summed E-state index contributed by atoms with van der Waals surface area (Å²) in [6.07, 6.45) is 4.72. The second kappa shape index (κ2) is 7.05. The van der Waals surface area contributed by atoms with Gasteiger partial charge in [-0.25, -0.2) is 0 Å². The third kappa shape index (κ3) is 3.20. The summed E-state index contributed by atoms with van der Waals surface area (Å²) in [7, 11) is 1.72. The number of hydrogen-bond donors (Lipinski definition) is 1. The van der Waals surface area contributed by atoms with Gasteiger partial charge in [0.25, 0.3) is 0 Å². The van der Waals surface area contributed by atoms with Crippen molar-refractivity contribution in [3.8, 4) is 11.5 Å². The molecule has 0 atom stereocenters. The van der Waals surface area contributed by atoms with Crippen LogP contribution in [0.15, 0.2) is 48.5 Å². The van der Waals surface area contributed by atoms with Crippen molar-refractivity contribution in [2.75, 3.05) is 13.7 Å². The second-order valence-corrected chi connectivity index (χ2v) is 6.30. The zero-order valence-electron chi connectivity index (χ0n) is 13.8. The zero-order chi connectivity index (χ0) is 16.1. The number of methoxy groups -OCH3 is 1. The molecule has 1 saturated carbocycles. The second-order valence-electron chi connectivity index (χ2n) is 6.30. The van der Waals surface area contributed by atoms with Crippen LogP contribution in [0.1, 0.15) is 36.8 Å². The van der Waals surface area contributed by atoms with Crippen LogP contribution >= 0.6 is 0 Å². The average Bonchev–Trinajstić information content (AvgIpc) is 3.10. The molecule has 0 radical (unpaired) electrons. The summed E-state index contributed by atoms with van der Waals surface area (Å²) in [4.78, 5) is 0. The molecule has 23 heavy (non-hydrogen) atoms. The van der Waals surface area contributed by atoms with E-state index in [9.17, 15) is 0 Å². The van der Waals surface area contributed by atoms with Gasteiger partial charge in [-0.3, -0.25) is 0 Å². The molecule has 0 aromatic heterocycles. The Labute approximate surface area is 138 Å². The van der Waals surface area contributed by atoms with Crippen LogP contribution in [0.4, 0.5) is 0 Å². The van der Waals surface area contributed by atoms with Gasteiger partial charge in [0.1, 0.15) is 6.61 Å². The van der Waals surface area contributed by atoms with Crippen LogP contribution in [0.3, 0.4) is 0 Å². The predicted molar refractivity (Wildman–Crippen MR) is 93.0 cm³/mol. The Morgan fingerprint density at radius 3 is 2.39 bits per heavy atom. The Balaban J connectivity index is 1.88. The Kier molecular flexibility index (Phi) is 4.87. The van der Waals surface area contributed by atoms with Gasteiger partial charge in [0.15, 0.2) is 11.5 Å². The van der Waals surface area contributed by atoms with Gasteiger partial charge in [-0.2, -0.15) is 0 Å². The van der Waals surface area contributed by atoms with Gasteiger partial charge in [0.2, 0.25) is 0 Å². The lowest BCUT2D eigenvalue weighted by Gasteiger charge is -2.30. The molecule has 0 heterocycles. The van der Waals surface area contributed by atoms with Gasteiger partial charge in [0, 0.05) is 17.5 Å². The van der Waals surface area contributed by atoms with Crippen LogP contribution in [-0.4, -0.2) is 13.7 Å². The van der Waals surface area contributed by atoms with E-state index in [1.54, 1.807) is 7.11 Å². The SMILES string of the molecule is COc1c(OCc2ccccc2)cccc1C1(CN)CCCC1. The van der Waals surface area contributed by atoms with Crippen LogP contribution in [0, 0.1) is 0 Å². The van der Waals surface area contributed by atoms with E-state index < -0.39 is 0 Å². The minimum Gasteiger partial charge on any atom is -0.493 e. The van der Waals surface area contributed by atoms with Gasteiger partial charge in [-0.05, 0) is 24.5 Å². The van der Waals surface area contributed by atoms with E-state index >= 15 is 0 Å². The van der Waals surface area contributed by atoms with Crippen molar-refractivity contribution in [1.29, 1.82) is 0 Å². The summed E-state index contributed by atoms with van der Waals surface area (Å²) in [6.45, 7) is 1.20. The van der Waals surface area contributed by atoms with E-state index in [2.05, 4.69) is 18.2 Å². The van der Waals surface area contributed by atoms with Crippen LogP contribution in [0.25, 0.3) is 0 Å². The maximum absolute atomic E-state index is 6.14. The first kappa shape index (κ1) is 15.9. The van der Waals surface area contributed by atoms with Crippen molar-refractivity contribution in [3.05, 3.63) is 59.7 Å². The molecule has 0 bridgehead atoms. The fourth-order valence-corrected chi connectivity index (χ4v) is 3.63. The van der Waals surface area contributed by atoms with Gasteiger partial charge in [0.05, 0.1) is 7.11 Å². The molecular formula is C20H25NO2. The molecule has 0 spiro atoms. The average molecular weight is 311 g/mol. The summed E-state index contributed by atoms with van der Waals surface area (Å²) in [6, 6.07) is 16.4. The first-order chi connectivity index (χ1) is 11.3. The molecule has 2 aromatic carbocycles. The van der Waals surface area contributed by atoms with Gasteiger partial charge < -0.3 is 15.2 Å². The summed E-state index contributed by atoms with van der Waals surface area (Å²) < 4.78 is 11.8. The zero-order valence-corrected chi connectivity index (χ0v) is 13.8. The normalized spacial score (nSPS) is 16.3. The Morgan fingerprint density at radius 1 is 1.00 bits per heavy atom. The smallest absolute Gasteiger partial charge is 0.164 e. The summed E-state index contributed by atoms with van der Waals surface area (Å²) in [5, 5.41) is 0. The number of benzene rings is 2. The molecule has 3 heteroatoms. The maximum Gasteiger partial charge on any atom is 0.164 e. The van der Waals surface area contributed by atoms with E-state index in [1.807, 2.05) is 30.3 Å². The highest BCUT2D eigenvalue weighted by Crippen LogP contribution is 2.46. The standard InChI is InChI=1S/C20H25NO2/c1-22-19-17(20(15-21)12-5-6-13-20)10-7-11-18(19)23-14-16-8-3-2-4-9-16/h2-4,7-11H,5-6,12-15,21H2,1H3. The number of hydrogen-bond acceptors (Lipinski definition) is 3. The van der Waals surface area contributed by atoms with E-state index in [0.29, 0.717) is 13.2 Å². The van der Waals surface area contributed by atoms with Crippen molar-refractivity contribution < 1.29 is 9.47 Å². The number of ether oxygens (including phenoxy) is 2. The van der Waals surface area contributed by atoms with Crippen molar-refractivity contribution in [3.63, 3.8) is 0 Å². The van der Waals surface area contributed by atoms with Crippen LogP contribution in [-0.2, 0) is 12.0 Å². The molecule has 3 nitrogen and oxygen atoms in total. The number of rotatable bonds is 6. The highest BCUT2D eigenvalue weighted by molar-refractivity contribution is 5.51. The summed E-state index contributed by atoms with van der Waals surface area (Å²) >= 11 is 0. The molecule has 0 saturated heterocycles. The fourth-order valence-electron chi connectivity index (χ4n) is 3.63. The van der Waals surface area contributed by atoms with Crippen LogP contribution in [0.5, 0.6) is 11.5 Å². The fraction of sp³-hybridized carbons (Fsp3) is 0.400. The maximum atomic E-state index is 6.14. The van der Waals surface area contributed by atoms with Gasteiger partial charge >= 0.3 is 0 Å². The quantitative estimate of drug-likeness (QED) is 0.875. The highest BCUT2D eigenvalue weighted by atomic mass is 16.5. The van der Waals surface area contributed by atoms with E-state index in [4.69, 9.17) is 15.2 Å². The highest BCUT2D eigenvalue weighted by Gasteiger charge is 2.37. The molecule has 0 unspecified atom stereocenters. The lowest BCUT2D eigenvalue weighted by Crippen LogP contribution is -2.32. The molecule has 0 aliphatic heterocycles. The van der Waals surface area contributed by atoms with Crippen molar-refractivity contribution in [2.45, 2.75) is 37.7 Å². The van der Waals surface area contributed by atoms with Crippen molar-refractivity contribution in [1.82, 2.24) is 0 Å². The topological polar surface area (TPSA) is 44.5 Å². The van der Waals surface area contributed by atoms with Crippen LogP contribution in [0.2, 0.25) is 0 Å². The number of para-hydroxylation sites is 1. The summed E-state index contributed by atoms with van der Waals surface area (Å²) in [5.74, 6) is 1.64. The molecule has 0 amide bonds. The monoisotopic (exact) mass is 311 g/mol. The minimum absolute atomic E-state index is 0.0391. The molecule has 1 aliphatic carbocycles. The van der Waals surface area contributed by atoms with Crippen LogP contribution < -0.4 is 15.2 Å².